The van der Waals surface area contributed by atoms with Crippen LogP contribution in [0.4, 0.5) is 5.69 Å². The minimum Gasteiger partial charge on any atom is -0.508 e. The predicted octanol–water partition coefficient (Wildman–Crippen LogP) is 5.92. The van der Waals surface area contributed by atoms with Crippen LogP contribution in [0.25, 0.3) is 0 Å². The van der Waals surface area contributed by atoms with E-state index >= 15 is 0 Å². The molecule has 4 aliphatic heterocycles. The summed E-state index contributed by atoms with van der Waals surface area (Å²) in [5, 5.41) is 9.98. The van der Waals surface area contributed by atoms with Gasteiger partial charge in [0.25, 0.3) is 11.8 Å². The highest BCUT2D eigenvalue weighted by molar-refractivity contribution is 6.04. The van der Waals surface area contributed by atoms with Crippen LogP contribution in [0.2, 0.25) is 0 Å². The molecule has 0 aromatic heterocycles. The van der Waals surface area contributed by atoms with Crippen LogP contribution in [0, 0.1) is 0 Å². The van der Waals surface area contributed by atoms with Gasteiger partial charge in [-0.15, -0.1) is 0 Å². The second kappa shape index (κ2) is 14.3. The van der Waals surface area contributed by atoms with Crippen molar-refractivity contribution in [3.8, 4) is 28.7 Å². The number of aromatic hydroxyl groups is 1. The molecule has 2 unspecified atom stereocenters. The van der Waals surface area contributed by atoms with Crippen molar-refractivity contribution in [1.82, 2.24) is 9.80 Å². The first-order chi connectivity index (χ1) is 25.8. The number of aliphatic imine (C=N–C) groups is 1. The zero-order valence-electron chi connectivity index (χ0n) is 30.2. The van der Waals surface area contributed by atoms with Crippen LogP contribution in [0.5, 0.6) is 28.7 Å². The van der Waals surface area contributed by atoms with E-state index in [1.807, 2.05) is 42.6 Å². The average Bonchev–Trinajstić information content (AvgIpc) is 3.36. The third kappa shape index (κ3) is 6.56. The Bertz CT molecular complexity index is 2160. The van der Waals surface area contributed by atoms with Gasteiger partial charge in [-0.25, -0.2) is 4.58 Å². The van der Waals surface area contributed by atoms with E-state index in [-0.39, 0.29) is 29.8 Å². The molecule has 0 spiro atoms. The third-order valence-corrected chi connectivity index (χ3v) is 10.7. The van der Waals surface area contributed by atoms with Gasteiger partial charge in [0.05, 0.1) is 68.8 Å². The number of amides is 2. The minimum absolute atomic E-state index is 0.0156. The lowest BCUT2D eigenvalue weighted by Gasteiger charge is -2.34. The number of hydrogen-bond acceptors (Lipinski definition) is 8. The minimum atomic E-state index is -0.182. The van der Waals surface area contributed by atoms with E-state index in [0.717, 1.165) is 42.4 Å². The number of likely N-dealkylation sites (N-methyl/N-ethyl adjacent to an activating group) is 1. The van der Waals surface area contributed by atoms with Gasteiger partial charge in [-0.1, -0.05) is 30.3 Å². The molecule has 4 aromatic rings. The van der Waals surface area contributed by atoms with E-state index in [0.29, 0.717) is 72.5 Å². The highest BCUT2D eigenvalue weighted by Gasteiger charge is 2.39. The van der Waals surface area contributed by atoms with E-state index in [9.17, 15) is 14.7 Å². The molecule has 11 heteroatoms. The fraction of sp³-hybridized carbons (Fsp3) is 0.333. The van der Waals surface area contributed by atoms with Crippen LogP contribution in [-0.2, 0) is 25.9 Å². The number of phenolic OH excluding ortho intramolecular Hbond substituents is 1. The molecule has 4 heterocycles. The van der Waals surface area contributed by atoms with E-state index in [4.69, 9.17) is 23.9 Å². The number of nitrogens with zero attached hydrogens (tertiary/aromatic N) is 4. The zero-order chi connectivity index (χ0) is 36.6. The summed E-state index contributed by atoms with van der Waals surface area (Å²) in [5.74, 6) is 2.18. The lowest BCUT2D eigenvalue weighted by molar-refractivity contribution is -0.557. The standard InChI is InChI=1S/C42H42N4O7/c1-44-23-30-17-38(36(50-2)19-33(30)41(48)46-24-28-10-6-5-9-26(28)18-40(44)46)52-13-7-4-8-14-53-39-21-35-34(20-37(39)51-3)42(49)45-25-29-16-32(47)12-11-27(29)15-31(45)22-43-35/h5-6,9-12,16-17,19-23,31,40H,4,7-8,13-15,18,24-25H2,1-3H3/p+1. The maximum atomic E-state index is 13.8. The van der Waals surface area contributed by atoms with Crippen molar-refractivity contribution >= 4 is 29.9 Å². The van der Waals surface area contributed by atoms with Crippen molar-refractivity contribution in [2.24, 2.45) is 4.99 Å². The van der Waals surface area contributed by atoms with Crippen LogP contribution in [0.15, 0.2) is 71.7 Å². The molecule has 2 atom stereocenters. The summed E-state index contributed by atoms with van der Waals surface area (Å²) < 4.78 is 25.8. The predicted molar refractivity (Wildman–Crippen MR) is 200 cm³/mol. The van der Waals surface area contributed by atoms with Gasteiger partial charge in [0.1, 0.15) is 12.8 Å². The Morgan fingerprint density at radius 1 is 0.736 bits per heavy atom. The van der Waals surface area contributed by atoms with Crippen molar-refractivity contribution in [2.45, 2.75) is 57.4 Å². The van der Waals surface area contributed by atoms with Crippen LogP contribution in [0.3, 0.4) is 0 Å². The molecule has 8 rings (SSSR count). The largest absolute Gasteiger partial charge is 0.508 e. The molecule has 53 heavy (non-hydrogen) atoms. The van der Waals surface area contributed by atoms with Gasteiger partial charge in [0.2, 0.25) is 6.17 Å². The van der Waals surface area contributed by atoms with Crippen LogP contribution in [0.1, 0.15) is 67.8 Å². The van der Waals surface area contributed by atoms with Crippen molar-refractivity contribution in [1.29, 1.82) is 0 Å². The number of phenols is 1. The smallest absolute Gasteiger partial charge is 0.260 e. The van der Waals surface area contributed by atoms with Crippen molar-refractivity contribution in [3.63, 3.8) is 0 Å². The van der Waals surface area contributed by atoms with Gasteiger partial charge in [0, 0.05) is 18.8 Å². The molecule has 0 saturated heterocycles. The molecule has 0 saturated carbocycles. The third-order valence-electron chi connectivity index (χ3n) is 10.7. The number of hydrogen-bond donors (Lipinski definition) is 1. The molecule has 11 nitrogen and oxygen atoms in total. The highest BCUT2D eigenvalue weighted by atomic mass is 16.5. The molecular formula is C42H43N4O7+. The maximum absolute atomic E-state index is 13.8. The molecule has 4 aromatic carbocycles. The Labute approximate surface area is 308 Å². The van der Waals surface area contributed by atoms with Crippen LogP contribution >= 0.6 is 0 Å². The molecule has 0 radical (unpaired) electrons. The molecule has 2 amide bonds. The normalized spacial score (nSPS) is 18.3. The Morgan fingerprint density at radius 2 is 1.40 bits per heavy atom. The average molecular weight is 716 g/mol. The summed E-state index contributed by atoms with van der Waals surface area (Å²) in [6, 6.07) is 20.6. The zero-order valence-corrected chi connectivity index (χ0v) is 30.2. The van der Waals surface area contributed by atoms with E-state index in [2.05, 4.69) is 22.8 Å². The van der Waals surface area contributed by atoms with Crippen LogP contribution < -0.4 is 18.9 Å². The second-order valence-electron chi connectivity index (χ2n) is 14.0. The van der Waals surface area contributed by atoms with Gasteiger partial charge < -0.3 is 29.0 Å². The van der Waals surface area contributed by atoms with E-state index < -0.39 is 0 Å². The summed E-state index contributed by atoms with van der Waals surface area (Å²) in [5.41, 5.74) is 6.90. The first-order valence-corrected chi connectivity index (χ1v) is 18.1. The Balaban J connectivity index is 0.875. The fourth-order valence-corrected chi connectivity index (χ4v) is 7.79. The topological polar surface area (TPSA) is 113 Å². The van der Waals surface area contributed by atoms with Gasteiger partial charge in [-0.05, 0) is 78.3 Å². The number of rotatable bonds is 10. The lowest BCUT2D eigenvalue weighted by atomic mass is 9.94. The number of carbonyl (C=O) groups excluding carboxylic acids is 2. The first kappa shape index (κ1) is 34.3. The highest BCUT2D eigenvalue weighted by Crippen LogP contribution is 2.39. The monoisotopic (exact) mass is 715 g/mol. The lowest BCUT2D eigenvalue weighted by Crippen LogP contribution is -2.48. The molecule has 1 N–H and O–H groups in total. The SMILES string of the molecule is COc1cc2c(cc1OCCCCCOc1cc3c(cc1OC)C(=O)N1Cc4cc(O)ccc4CC1C=N3)C=[N+](C)C1Cc3ccccc3CN1C2=O. The molecule has 4 aliphatic rings. The summed E-state index contributed by atoms with van der Waals surface area (Å²) in [6.07, 6.45) is 7.61. The van der Waals surface area contributed by atoms with Gasteiger partial charge in [-0.3, -0.25) is 19.5 Å². The van der Waals surface area contributed by atoms with Gasteiger partial charge in [0.15, 0.2) is 29.2 Å². The van der Waals surface area contributed by atoms with Gasteiger partial charge in [-0.2, -0.15) is 0 Å². The Morgan fingerprint density at radius 3 is 2.15 bits per heavy atom. The summed E-state index contributed by atoms with van der Waals surface area (Å²) in [4.78, 5) is 36.0. The fourth-order valence-electron chi connectivity index (χ4n) is 7.79. The number of carbonyl (C=O) groups is 2. The second-order valence-corrected chi connectivity index (χ2v) is 14.0. The summed E-state index contributed by atoms with van der Waals surface area (Å²) in [6.45, 7) is 1.89. The molecule has 0 aliphatic carbocycles. The van der Waals surface area contributed by atoms with Crippen molar-refractivity contribution in [3.05, 3.63) is 106 Å². The summed E-state index contributed by atoms with van der Waals surface area (Å²) in [7, 11) is 5.17. The Hall–Kier alpha value is -5.84. The number of methoxy groups -OCH3 is 2. The van der Waals surface area contributed by atoms with Crippen molar-refractivity contribution < 1.29 is 38.2 Å². The van der Waals surface area contributed by atoms with Crippen LogP contribution in [-0.4, -0.2) is 90.4 Å². The Kier molecular flexibility index (Phi) is 9.24. The number of benzene rings is 4. The quantitative estimate of drug-likeness (QED) is 0.160. The maximum Gasteiger partial charge on any atom is 0.260 e. The van der Waals surface area contributed by atoms with E-state index in [1.165, 1.54) is 11.1 Å². The number of unbranched alkanes of at least 4 members (excludes halogenated alkanes) is 2. The molecule has 0 fully saturated rings. The van der Waals surface area contributed by atoms with Crippen molar-refractivity contribution in [2.75, 3.05) is 34.5 Å². The van der Waals surface area contributed by atoms with E-state index in [1.54, 1.807) is 49.5 Å². The molecule has 0 bridgehead atoms. The molecular weight excluding hydrogens is 672 g/mol. The van der Waals surface area contributed by atoms with Gasteiger partial charge >= 0.3 is 0 Å². The number of ether oxygens (including phenoxy) is 4. The summed E-state index contributed by atoms with van der Waals surface area (Å²) >= 11 is 0. The number of fused-ring (bicyclic) bond motifs is 6. The first-order valence-electron chi connectivity index (χ1n) is 18.1. The molecule has 272 valence electrons.